The van der Waals surface area contributed by atoms with E-state index in [9.17, 15) is 4.79 Å². The first-order valence-corrected chi connectivity index (χ1v) is 5.10. The summed E-state index contributed by atoms with van der Waals surface area (Å²) in [5.41, 5.74) is 0.874. The lowest BCUT2D eigenvalue weighted by molar-refractivity contribution is -0.121. The summed E-state index contributed by atoms with van der Waals surface area (Å²) in [6.07, 6.45) is 1.80. The second-order valence-electron chi connectivity index (χ2n) is 3.39. The van der Waals surface area contributed by atoms with Crippen molar-refractivity contribution in [2.24, 2.45) is 0 Å². The fourth-order valence-corrected chi connectivity index (χ4v) is 1.37. The van der Waals surface area contributed by atoms with E-state index in [2.05, 4.69) is 18.0 Å². The number of hydrogen-bond acceptors (Lipinski definition) is 2. The van der Waals surface area contributed by atoms with Gasteiger partial charge in [-0.2, -0.15) is 5.26 Å². The second-order valence-corrected chi connectivity index (χ2v) is 3.39. The predicted molar refractivity (Wildman–Crippen MR) is 62.6 cm³/mol. The van der Waals surface area contributed by atoms with Gasteiger partial charge in [0.25, 0.3) is 0 Å². The quantitative estimate of drug-likeness (QED) is 0.762. The minimum Gasteiger partial charge on any atom is -0.353 e. The van der Waals surface area contributed by atoms with Crippen molar-refractivity contribution in [1.82, 2.24) is 5.32 Å². The molecule has 0 fully saturated rings. The number of rotatable bonds is 5. The molecule has 1 unspecified atom stereocenters. The van der Waals surface area contributed by atoms with Gasteiger partial charge in [-0.05, 0) is 5.56 Å². The first-order chi connectivity index (χ1) is 7.77. The fourth-order valence-electron chi connectivity index (χ4n) is 1.37. The van der Waals surface area contributed by atoms with Crippen LogP contribution in [0.25, 0.3) is 0 Å². The molecule has 82 valence electrons. The summed E-state index contributed by atoms with van der Waals surface area (Å²) >= 11 is 0. The molecule has 0 saturated heterocycles. The van der Waals surface area contributed by atoms with Gasteiger partial charge < -0.3 is 5.32 Å². The summed E-state index contributed by atoms with van der Waals surface area (Å²) in [6, 6.07) is 11.5. The molecule has 1 atom stereocenters. The van der Waals surface area contributed by atoms with Crippen molar-refractivity contribution >= 4 is 5.91 Å². The minimum atomic E-state index is -0.383. The van der Waals surface area contributed by atoms with Crippen LogP contribution in [0.15, 0.2) is 43.0 Å². The van der Waals surface area contributed by atoms with Crippen molar-refractivity contribution in [1.29, 1.82) is 5.26 Å². The van der Waals surface area contributed by atoms with E-state index in [0.29, 0.717) is 6.54 Å². The number of carbonyl (C=O) groups excluding carboxylic acids is 1. The standard InChI is InChI=1S/C13H14N2O/c1-2-8-15-13(16)9-12(10-14)11-6-4-3-5-7-11/h2-7,12H,1,8-9H2,(H,15,16). The first-order valence-electron chi connectivity index (χ1n) is 5.10. The summed E-state index contributed by atoms with van der Waals surface area (Å²) in [6.45, 7) is 3.95. The third-order valence-corrected chi connectivity index (χ3v) is 2.19. The molecule has 16 heavy (non-hydrogen) atoms. The average Bonchev–Trinajstić information content (AvgIpc) is 2.34. The lowest BCUT2D eigenvalue weighted by atomic mass is 9.97. The van der Waals surface area contributed by atoms with Gasteiger partial charge in [-0.15, -0.1) is 6.58 Å². The normalized spacial score (nSPS) is 11.2. The number of hydrogen-bond donors (Lipinski definition) is 1. The molecule has 0 spiro atoms. The number of amides is 1. The van der Waals surface area contributed by atoms with E-state index in [1.165, 1.54) is 0 Å². The van der Waals surface area contributed by atoms with Crippen molar-refractivity contribution in [2.75, 3.05) is 6.54 Å². The van der Waals surface area contributed by atoms with Gasteiger partial charge in [0, 0.05) is 13.0 Å². The summed E-state index contributed by atoms with van der Waals surface area (Å²) in [5, 5.41) is 11.7. The van der Waals surface area contributed by atoms with Crippen molar-refractivity contribution in [3.8, 4) is 6.07 Å². The van der Waals surface area contributed by atoms with Crippen LogP contribution in [0.2, 0.25) is 0 Å². The monoisotopic (exact) mass is 214 g/mol. The van der Waals surface area contributed by atoms with Crippen molar-refractivity contribution in [3.05, 3.63) is 48.6 Å². The van der Waals surface area contributed by atoms with Crippen molar-refractivity contribution in [3.63, 3.8) is 0 Å². The lowest BCUT2D eigenvalue weighted by Crippen LogP contribution is -2.24. The molecule has 1 rings (SSSR count). The zero-order chi connectivity index (χ0) is 11.8. The Morgan fingerprint density at radius 1 is 1.50 bits per heavy atom. The molecule has 1 amide bonds. The highest BCUT2D eigenvalue weighted by Crippen LogP contribution is 2.17. The summed E-state index contributed by atoms with van der Waals surface area (Å²) in [4.78, 5) is 11.4. The smallest absolute Gasteiger partial charge is 0.221 e. The number of nitrogens with zero attached hydrogens (tertiary/aromatic N) is 1. The third kappa shape index (κ3) is 3.58. The van der Waals surface area contributed by atoms with E-state index in [-0.39, 0.29) is 18.2 Å². The van der Waals surface area contributed by atoms with Crippen LogP contribution < -0.4 is 5.32 Å². The van der Waals surface area contributed by atoms with Crippen LogP contribution in [0.5, 0.6) is 0 Å². The molecule has 3 nitrogen and oxygen atoms in total. The Hall–Kier alpha value is -2.08. The van der Waals surface area contributed by atoms with Gasteiger partial charge >= 0.3 is 0 Å². The van der Waals surface area contributed by atoms with E-state index in [1.807, 2.05) is 30.3 Å². The molecule has 3 heteroatoms. The van der Waals surface area contributed by atoms with Crippen LogP contribution in [-0.4, -0.2) is 12.5 Å². The molecule has 0 aromatic heterocycles. The molecule has 0 aliphatic carbocycles. The highest BCUT2D eigenvalue weighted by atomic mass is 16.1. The second kappa shape index (κ2) is 6.41. The van der Waals surface area contributed by atoms with Gasteiger partial charge in [-0.1, -0.05) is 36.4 Å². The first kappa shape index (κ1) is 12.0. The van der Waals surface area contributed by atoms with E-state index in [4.69, 9.17) is 5.26 Å². The summed E-state index contributed by atoms with van der Waals surface area (Å²) < 4.78 is 0. The Labute approximate surface area is 95.4 Å². The minimum absolute atomic E-state index is 0.129. The van der Waals surface area contributed by atoms with Crippen LogP contribution >= 0.6 is 0 Å². The Bertz CT molecular complexity index is 392. The highest BCUT2D eigenvalue weighted by Gasteiger charge is 2.14. The molecule has 1 N–H and O–H groups in total. The number of carbonyl (C=O) groups is 1. The number of nitrogens with one attached hydrogen (secondary N) is 1. The number of nitriles is 1. The molecular formula is C13H14N2O. The van der Waals surface area contributed by atoms with Crippen LogP contribution in [0, 0.1) is 11.3 Å². The maximum atomic E-state index is 11.4. The molecule has 0 aliphatic rings. The summed E-state index contributed by atoms with van der Waals surface area (Å²) in [5.74, 6) is -0.513. The Morgan fingerprint density at radius 2 is 2.19 bits per heavy atom. The molecule has 0 saturated carbocycles. The van der Waals surface area contributed by atoms with Gasteiger partial charge in [-0.3, -0.25) is 4.79 Å². The Kier molecular flexibility index (Phi) is 4.81. The zero-order valence-electron chi connectivity index (χ0n) is 9.02. The molecule has 0 heterocycles. The van der Waals surface area contributed by atoms with Crippen LogP contribution in [0.1, 0.15) is 17.9 Å². The van der Waals surface area contributed by atoms with Crippen LogP contribution in [0.3, 0.4) is 0 Å². The topological polar surface area (TPSA) is 52.9 Å². The average molecular weight is 214 g/mol. The Morgan fingerprint density at radius 3 is 2.75 bits per heavy atom. The van der Waals surface area contributed by atoms with Crippen LogP contribution in [0.4, 0.5) is 0 Å². The predicted octanol–water partition coefficient (Wildman–Crippen LogP) is 1.99. The van der Waals surface area contributed by atoms with Crippen LogP contribution in [-0.2, 0) is 4.79 Å². The number of benzene rings is 1. The van der Waals surface area contributed by atoms with Gasteiger partial charge in [0.1, 0.15) is 0 Å². The fraction of sp³-hybridized carbons (Fsp3) is 0.231. The van der Waals surface area contributed by atoms with E-state index >= 15 is 0 Å². The maximum absolute atomic E-state index is 11.4. The van der Waals surface area contributed by atoms with E-state index in [0.717, 1.165) is 5.56 Å². The van der Waals surface area contributed by atoms with Gasteiger partial charge in [-0.25, -0.2) is 0 Å². The molecule has 0 radical (unpaired) electrons. The van der Waals surface area contributed by atoms with Gasteiger partial charge in [0.15, 0.2) is 0 Å². The van der Waals surface area contributed by atoms with E-state index in [1.54, 1.807) is 6.08 Å². The van der Waals surface area contributed by atoms with E-state index < -0.39 is 0 Å². The van der Waals surface area contributed by atoms with Crippen molar-refractivity contribution < 1.29 is 4.79 Å². The summed E-state index contributed by atoms with van der Waals surface area (Å²) in [7, 11) is 0. The van der Waals surface area contributed by atoms with Gasteiger partial charge in [0.05, 0.1) is 12.0 Å². The lowest BCUT2D eigenvalue weighted by Gasteiger charge is -2.08. The molecular weight excluding hydrogens is 200 g/mol. The SMILES string of the molecule is C=CCNC(=O)CC(C#N)c1ccccc1. The highest BCUT2D eigenvalue weighted by molar-refractivity contribution is 5.77. The zero-order valence-corrected chi connectivity index (χ0v) is 9.02. The van der Waals surface area contributed by atoms with Gasteiger partial charge in [0.2, 0.25) is 5.91 Å². The molecule has 0 bridgehead atoms. The molecule has 1 aromatic carbocycles. The maximum Gasteiger partial charge on any atom is 0.221 e. The van der Waals surface area contributed by atoms with Crippen molar-refractivity contribution in [2.45, 2.75) is 12.3 Å². The third-order valence-electron chi connectivity index (χ3n) is 2.19. The largest absolute Gasteiger partial charge is 0.353 e. The molecule has 0 aliphatic heterocycles. The molecule has 1 aromatic rings. The Balaban J connectivity index is 2.60.